The molecule has 110 valence electrons. The molecule has 0 aromatic heterocycles. The van der Waals surface area contributed by atoms with Crippen LogP contribution in [0.3, 0.4) is 0 Å². The predicted octanol–water partition coefficient (Wildman–Crippen LogP) is 3.09. The number of halogens is 2. The van der Waals surface area contributed by atoms with Crippen molar-refractivity contribution in [1.82, 2.24) is 5.32 Å². The third-order valence-corrected chi connectivity index (χ3v) is 2.67. The summed E-state index contributed by atoms with van der Waals surface area (Å²) in [6.45, 7) is 2.30. The average Bonchev–Trinajstić information content (AvgIpc) is 2.40. The van der Waals surface area contributed by atoms with Gasteiger partial charge in [-0.05, 0) is 25.1 Å². The lowest BCUT2D eigenvalue weighted by atomic mass is 10.1. The molecule has 0 aliphatic heterocycles. The lowest BCUT2D eigenvalue weighted by molar-refractivity contribution is 0.0956. The van der Waals surface area contributed by atoms with Crippen molar-refractivity contribution in [2.45, 2.75) is 6.92 Å². The quantitative estimate of drug-likeness (QED) is 0.851. The van der Waals surface area contributed by atoms with Crippen molar-refractivity contribution in [3.8, 4) is 11.5 Å². The van der Waals surface area contributed by atoms with Crippen LogP contribution in [0.4, 0.5) is 14.5 Å². The van der Waals surface area contributed by atoms with E-state index < -0.39 is 11.6 Å². The summed E-state index contributed by atoms with van der Waals surface area (Å²) in [5.74, 6) is -1.55. The van der Waals surface area contributed by atoms with Gasteiger partial charge >= 0.3 is 0 Å². The van der Waals surface area contributed by atoms with E-state index in [0.717, 1.165) is 18.2 Å². The number of hydrogen-bond acceptors (Lipinski definition) is 3. The van der Waals surface area contributed by atoms with Crippen LogP contribution < -0.4 is 15.8 Å². The van der Waals surface area contributed by atoms with E-state index in [1.807, 2.05) is 0 Å². The standard InChI is InChI=1S/C15H14F2N2O2/c1-2-19-15(20)9-3-4-14(13(18)5-9)21-12-7-10(16)6-11(17)8-12/h3-8H,2,18H2,1H3,(H,19,20). The highest BCUT2D eigenvalue weighted by Gasteiger charge is 2.10. The fourth-order valence-electron chi connectivity index (χ4n) is 1.76. The molecule has 3 N–H and O–H groups in total. The Morgan fingerprint density at radius 3 is 2.43 bits per heavy atom. The Balaban J connectivity index is 2.23. The maximum absolute atomic E-state index is 13.1. The largest absolute Gasteiger partial charge is 0.455 e. The molecule has 0 saturated heterocycles. The van der Waals surface area contributed by atoms with Crippen molar-refractivity contribution in [1.29, 1.82) is 0 Å². The number of carbonyl (C=O) groups is 1. The second-order valence-corrected chi connectivity index (χ2v) is 4.32. The fourth-order valence-corrected chi connectivity index (χ4v) is 1.76. The van der Waals surface area contributed by atoms with Crippen molar-refractivity contribution >= 4 is 11.6 Å². The van der Waals surface area contributed by atoms with Gasteiger partial charge in [-0.25, -0.2) is 8.78 Å². The summed E-state index contributed by atoms with van der Waals surface area (Å²) in [5, 5.41) is 2.64. The number of carbonyl (C=O) groups excluding carboxylic acids is 1. The van der Waals surface area contributed by atoms with Crippen LogP contribution in [-0.2, 0) is 0 Å². The van der Waals surface area contributed by atoms with E-state index in [9.17, 15) is 13.6 Å². The molecule has 2 rings (SSSR count). The van der Waals surface area contributed by atoms with Crippen LogP contribution >= 0.6 is 0 Å². The van der Waals surface area contributed by atoms with E-state index in [2.05, 4.69) is 5.32 Å². The smallest absolute Gasteiger partial charge is 0.251 e. The molecule has 2 aromatic carbocycles. The first kappa shape index (κ1) is 14.8. The number of nitrogen functional groups attached to an aromatic ring is 1. The molecular weight excluding hydrogens is 278 g/mol. The Morgan fingerprint density at radius 2 is 1.86 bits per heavy atom. The first-order valence-corrected chi connectivity index (χ1v) is 6.31. The zero-order valence-electron chi connectivity index (χ0n) is 11.3. The third-order valence-electron chi connectivity index (χ3n) is 2.67. The molecular formula is C15H14F2N2O2. The Labute approximate surface area is 120 Å². The van der Waals surface area contributed by atoms with E-state index in [-0.39, 0.29) is 23.1 Å². The van der Waals surface area contributed by atoms with Gasteiger partial charge in [-0.3, -0.25) is 4.79 Å². The van der Waals surface area contributed by atoms with Gasteiger partial charge in [0.05, 0.1) is 5.69 Å². The number of benzene rings is 2. The van der Waals surface area contributed by atoms with Crippen LogP contribution in [0, 0.1) is 11.6 Å². The SMILES string of the molecule is CCNC(=O)c1ccc(Oc2cc(F)cc(F)c2)c(N)c1. The van der Waals surface area contributed by atoms with Crippen molar-refractivity contribution < 1.29 is 18.3 Å². The van der Waals surface area contributed by atoms with Gasteiger partial charge in [0.2, 0.25) is 0 Å². The second-order valence-electron chi connectivity index (χ2n) is 4.32. The summed E-state index contributed by atoms with van der Waals surface area (Å²) in [4.78, 5) is 11.6. The molecule has 0 aliphatic carbocycles. The molecule has 2 aromatic rings. The number of anilines is 1. The van der Waals surface area contributed by atoms with Crippen LogP contribution in [-0.4, -0.2) is 12.5 Å². The zero-order valence-corrected chi connectivity index (χ0v) is 11.3. The average molecular weight is 292 g/mol. The number of hydrogen-bond donors (Lipinski definition) is 2. The first-order valence-electron chi connectivity index (χ1n) is 6.31. The first-order chi connectivity index (χ1) is 9.99. The zero-order chi connectivity index (χ0) is 15.4. The number of ether oxygens (including phenoxy) is 1. The van der Waals surface area contributed by atoms with Crippen molar-refractivity contribution in [2.75, 3.05) is 12.3 Å². The number of nitrogens with two attached hydrogens (primary N) is 1. The number of nitrogens with one attached hydrogen (secondary N) is 1. The summed E-state index contributed by atoms with van der Waals surface area (Å²) in [5.41, 5.74) is 6.37. The molecule has 21 heavy (non-hydrogen) atoms. The highest BCUT2D eigenvalue weighted by molar-refractivity contribution is 5.95. The van der Waals surface area contributed by atoms with Crippen molar-refractivity contribution in [2.24, 2.45) is 0 Å². The molecule has 0 heterocycles. The van der Waals surface area contributed by atoms with Gasteiger partial charge in [-0.1, -0.05) is 0 Å². The maximum atomic E-state index is 13.1. The lowest BCUT2D eigenvalue weighted by Gasteiger charge is -2.10. The number of amides is 1. The van der Waals surface area contributed by atoms with E-state index in [4.69, 9.17) is 10.5 Å². The minimum Gasteiger partial charge on any atom is -0.455 e. The molecule has 0 saturated carbocycles. The van der Waals surface area contributed by atoms with Crippen LogP contribution in [0.2, 0.25) is 0 Å². The fraction of sp³-hybridized carbons (Fsp3) is 0.133. The van der Waals surface area contributed by atoms with Crippen LogP contribution in [0.25, 0.3) is 0 Å². The van der Waals surface area contributed by atoms with E-state index in [1.165, 1.54) is 18.2 Å². The molecule has 0 unspecified atom stereocenters. The van der Waals surface area contributed by atoms with Gasteiger partial charge in [0.1, 0.15) is 23.1 Å². The molecule has 0 atom stereocenters. The molecule has 1 amide bonds. The predicted molar refractivity (Wildman–Crippen MR) is 75.3 cm³/mol. The molecule has 4 nitrogen and oxygen atoms in total. The second kappa shape index (κ2) is 6.21. The highest BCUT2D eigenvalue weighted by Crippen LogP contribution is 2.29. The molecule has 0 fully saturated rings. The van der Waals surface area contributed by atoms with E-state index >= 15 is 0 Å². The van der Waals surface area contributed by atoms with Crippen LogP contribution in [0.5, 0.6) is 11.5 Å². The van der Waals surface area contributed by atoms with Gasteiger partial charge in [0.25, 0.3) is 5.91 Å². The van der Waals surface area contributed by atoms with E-state index in [0.29, 0.717) is 12.1 Å². The minimum absolute atomic E-state index is 0.00930. The van der Waals surface area contributed by atoms with Crippen molar-refractivity contribution in [3.63, 3.8) is 0 Å². The lowest BCUT2D eigenvalue weighted by Crippen LogP contribution is -2.22. The highest BCUT2D eigenvalue weighted by atomic mass is 19.1. The molecule has 0 aliphatic rings. The van der Waals surface area contributed by atoms with Crippen LogP contribution in [0.1, 0.15) is 17.3 Å². The Morgan fingerprint density at radius 1 is 1.19 bits per heavy atom. The number of rotatable bonds is 4. The summed E-state index contributed by atoms with van der Waals surface area (Å²) in [7, 11) is 0. The molecule has 0 bridgehead atoms. The minimum atomic E-state index is -0.748. The van der Waals surface area contributed by atoms with Crippen LogP contribution in [0.15, 0.2) is 36.4 Å². The Bertz CT molecular complexity index is 654. The van der Waals surface area contributed by atoms with Gasteiger partial charge in [0.15, 0.2) is 0 Å². The monoisotopic (exact) mass is 292 g/mol. The maximum Gasteiger partial charge on any atom is 0.251 e. The van der Waals surface area contributed by atoms with Crippen molar-refractivity contribution in [3.05, 3.63) is 53.6 Å². The van der Waals surface area contributed by atoms with Gasteiger partial charge in [0, 0.05) is 30.3 Å². The Hall–Kier alpha value is -2.63. The summed E-state index contributed by atoms with van der Waals surface area (Å²) in [6.07, 6.45) is 0. The summed E-state index contributed by atoms with van der Waals surface area (Å²) < 4.78 is 31.5. The van der Waals surface area contributed by atoms with Gasteiger partial charge in [-0.15, -0.1) is 0 Å². The summed E-state index contributed by atoms with van der Waals surface area (Å²) >= 11 is 0. The normalized spacial score (nSPS) is 10.2. The van der Waals surface area contributed by atoms with Gasteiger partial charge in [-0.2, -0.15) is 0 Å². The Kier molecular flexibility index (Phi) is 4.37. The molecule has 0 radical (unpaired) electrons. The van der Waals surface area contributed by atoms with Gasteiger partial charge < -0.3 is 15.8 Å². The molecule has 6 heteroatoms. The third kappa shape index (κ3) is 3.68. The summed E-state index contributed by atoms with van der Waals surface area (Å²) in [6, 6.07) is 7.26. The molecule has 0 spiro atoms. The van der Waals surface area contributed by atoms with E-state index in [1.54, 1.807) is 6.92 Å². The topological polar surface area (TPSA) is 64.3 Å².